The molecule has 19 heavy (non-hydrogen) atoms. The Morgan fingerprint density at radius 2 is 2.05 bits per heavy atom. The molecule has 5 heteroatoms. The van der Waals surface area contributed by atoms with Crippen molar-refractivity contribution in [1.82, 2.24) is 5.32 Å². The monoisotopic (exact) mass is 267 g/mol. The highest BCUT2D eigenvalue weighted by atomic mass is 16.7. The van der Waals surface area contributed by atoms with Gasteiger partial charge >= 0.3 is 0 Å². The van der Waals surface area contributed by atoms with E-state index in [0.29, 0.717) is 6.61 Å². The second kappa shape index (κ2) is 7.21. The highest BCUT2D eigenvalue weighted by Gasteiger charge is 2.17. The Hall–Kier alpha value is -1.46. The molecule has 1 aromatic rings. The third-order valence-electron chi connectivity index (χ3n) is 2.93. The van der Waals surface area contributed by atoms with Crippen LogP contribution in [0.5, 0.6) is 17.2 Å². The zero-order valence-electron chi connectivity index (χ0n) is 11.3. The van der Waals surface area contributed by atoms with E-state index in [0.717, 1.165) is 48.7 Å². The lowest BCUT2D eigenvalue weighted by Crippen LogP contribution is -2.13. The molecule has 1 aromatic carbocycles. The van der Waals surface area contributed by atoms with E-state index in [1.165, 1.54) is 0 Å². The van der Waals surface area contributed by atoms with Crippen LogP contribution in [0.25, 0.3) is 0 Å². The molecule has 1 aliphatic rings. The van der Waals surface area contributed by atoms with Crippen molar-refractivity contribution in [3.05, 3.63) is 17.7 Å². The molecule has 2 rings (SSSR count). The molecule has 2 N–H and O–H groups in total. The summed E-state index contributed by atoms with van der Waals surface area (Å²) in [6, 6.07) is 3.85. The molecule has 106 valence electrons. The lowest BCUT2D eigenvalue weighted by molar-refractivity contribution is 0.173. The van der Waals surface area contributed by atoms with E-state index < -0.39 is 0 Å². The Morgan fingerprint density at radius 3 is 2.79 bits per heavy atom. The molecule has 0 spiro atoms. The first-order chi connectivity index (χ1) is 9.35. The number of ether oxygens (including phenoxy) is 3. The zero-order valence-corrected chi connectivity index (χ0v) is 11.3. The van der Waals surface area contributed by atoms with Crippen molar-refractivity contribution in [2.24, 2.45) is 0 Å². The van der Waals surface area contributed by atoms with Crippen LogP contribution in [-0.4, -0.2) is 31.7 Å². The van der Waals surface area contributed by atoms with Crippen molar-refractivity contribution in [3.63, 3.8) is 0 Å². The van der Waals surface area contributed by atoms with E-state index in [-0.39, 0.29) is 13.4 Å². The Kier molecular flexibility index (Phi) is 5.30. The van der Waals surface area contributed by atoms with Gasteiger partial charge in [-0.3, -0.25) is 0 Å². The maximum atomic E-state index is 8.76. The van der Waals surface area contributed by atoms with Crippen molar-refractivity contribution in [2.45, 2.75) is 26.3 Å². The highest BCUT2D eigenvalue weighted by molar-refractivity contribution is 5.51. The summed E-state index contributed by atoms with van der Waals surface area (Å²) in [5, 5.41) is 12.0. The van der Waals surface area contributed by atoms with Crippen molar-refractivity contribution >= 4 is 0 Å². The third kappa shape index (κ3) is 3.75. The molecule has 0 fully saturated rings. The van der Waals surface area contributed by atoms with Crippen LogP contribution < -0.4 is 19.5 Å². The van der Waals surface area contributed by atoms with Crippen LogP contribution in [0.3, 0.4) is 0 Å². The molecule has 1 heterocycles. The molecule has 1 aliphatic heterocycles. The smallest absolute Gasteiger partial charge is 0.231 e. The fraction of sp³-hybridized carbons (Fsp3) is 0.571. The number of benzene rings is 1. The fourth-order valence-electron chi connectivity index (χ4n) is 1.89. The maximum Gasteiger partial charge on any atom is 0.231 e. The molecular formula is C14H21NO4. The third-order valence-corrected chi connectivity index (χ3v) is 2.93. The van der Waals surface area contributed by atoms with Gasteiger partial charge in [0.2, 0.25) is 6.79 Å². The summed E-state index contributed by atoms with van der Waals surface area (Å²) < 4.78 is 16.5. The average Bonchev–Trinajstić information content (AvgIpc) is 2.88. The summed E-state index contributed by atoms with van der Waals surface area (Å²) in [5.41, 5.74) is 1.06. The summed E-state index contributed by atoms with van der Waals surface area (Å²) in [6.07, 6.45) is 1.60. The molecule has 5 nitrogen and oxygen atoms in total. The first-order valence-electron chi connectivity index (χ1n) is 6.72. The van der Waals surface area contributed by atoms with Crippen LogP contribution in [-0.2, 0) is 6.54 Å². The Morgan fingerprint density at radius 1 is 1.26 bits per heavy atom. The Labute approximate surface area is 113 Å². The number of aliphatic hydroxyl groups excluding tert-OH is 1. The molecule has 0 atom stereocenters. The summed E-state index contributed by atoms with van der Waals surface area (Å²) in [5.74, 6) is 2.33. The number of fused-ring (bicyclic) bond motifs is 1. The van der Waals surface area contributed by atoms with Crippen LogP contribution >= 0.6 is 0 Å². The van der Waals surface area contributed by atoms with Gasteiger partial charge < -0.3 is 24.6 Å². The molecule has 0 unspecified atom stereocenters. The maximum absolute atomic E-state index is 8.76. The van der Waals surface area contributed by atoms with Gasteiger partial charge in [0.15, 0.2) is 11.5 Å². The molecule has 0 amide bonds. The van der Waals surface area contributed by atoms with Gasteiger partial charge in [-0.2, -0.15) is 0 Å². The van der Waals surface area contributed by atoms with Crippen LogP contribution in [0.4, 0.5) is 0 Å². The molecule has 0 aliphatic carbocycles. The molecule has 0 bridgehead atoms. The molecule has 0 saturated heterocycles. The Bertz CT molecular complexity index is 409. The number of hydrogen-bond acceptors (Lipinski definition) is 5. The second-order valence-corrected chi connectivity index (χ2v) is 4.37. The molecule has 0 aromatic heterocycles. The topological polar surface area (TPSA) is 60.0 Å². The van der Waals surface area contributed by atoms with Gasteiger partial charge in [-0.25, -0.2) is 0 Å². The van der Waals surface area contributed by atoms with E-state index in [4.69, 9.17) is 19.3 Å². The van der Waals surface area contributed by atoms with Crippen LogP contribution in [0.15, 0.2) is 12.1 Å². The van der Waals surface area contributed by atoms with Crippen LogP contribution in [0.1, 0.15) is 25.3 Å². The SMILES string of the molecule is CCNCc1cc2c(cc1OCCCCO)OCO2. The van der Waals surface area contributed by atoms with Gasteiger partial charge in [0, 0.05) is 24.8 Å². The lowest BCUT2D eigenvalue weighted by atomic mass is 10.1. The van der Waals surface area contributed by atoms with Gasteiger partial charge in [0.05, 0.1) is 6.61 Å². The van der Waals surface area contributed by atoms with Crippen molar-refractivity contribution in [3.8, 4) is 17.2 Å². The van der Waals surface area contributed by atoms with E-state index in [1.54, 1.807) is 0 Å². The van der Waals surface area contributed by atoms with Crippen molar-refractivity contribution < 1.29 is 19.3 Å². The van der Waals surface area contributed by atoms with E-state index in [2.05, 4.69) is 12.2 Å². The second-order valence-electron chi connectivity index (χ2n) is 4.37. The first-order valence-corrected chi connectivity index (χ1v) is 6.72. The average molecular weight is 267 g/mol. The first kappa shape index (κ1) is 14.0. The zero-order chi connectivity index (χ0) is 13.5. The van der Waals surface area contributed by atoms with E-state index in [1.807, 2.05) is 12.1 Å². The predicted molar refractivity (Wildman–Crippen MR) is 71.8 cm³/mol. The van der Waals surface area contributed by atoms with Gasteiger partial charge in [0.25, 0.3) is 0 Å². The number of aliphatic hydroxyl groups is 1. The number of rotatable bonds is 8. The largest absolute Gasteiger partial charge is 0.493 e. The minimum atomic E-state index is 0.203. The minimum absolute atomic E-state index is 0.203. The van der Waals surface area contributed by atoms with Gasteiger partial charge in [-0.1, -0.05) is 6.92 Å². The van der Waals surface area contributed by atoms with Gasteiger partial charge in [-0.15, -0.1) is 0 Å². The van der Waals surface area contributed by atoms with E-state index >= 15 is 0 Å². The highest BCUT2D eigenvalue weighted by Crippen LogP contribution is 2.38. The number of nitrogens with one attached hydrogen (secondary N) is 1. The molecule has 0 radical (unpaired) electrons. The lowest BCUT2D eigenvalue weighted by Gasteiger charge is -2.13. The van der Waals surface area contributed by atoms with Gasteiger partial charge in [0.1, 0.15) is 5.75 Å². The fourth-order valence-corrected chi connectivity index (χ4v) is 1.89. The summed E-state index contributed by atoms with van der Waals surface area (Å²) >= 11 is 0. The van der Waals surface area contributed by atoms with Crippen molar-refractivity contribution in [1.29, 1.82) is 0 Å². The van der Waals surface area contributed by atoms with Crippen LogP contribution in [0.2, 0.25) is 0 Å². The number of unbranched alkanes of at least 4 members (excludes halogenated alkanes) is 1. The van der Waals surface area contributed by atoms with Crippen LogP contribution in [0, 0.1) is 0 Å². The minimum Gasteiger partial charge on any atom is -0.493 e. The summed E-state index contributed by atoms with van der Waals surface area (Å²) in [4.78, 5) is 0. The quantitative estimate of drug-likeness (QED) is 0.702. The number of hydrogen-bond donors (Lipinski definition) is 2. The normalized spacial score (nSPS) is 12.7. The van der Waals surface area contributed by atoms with Gasteiger partial charge in [-0.05, 0) is 25.5 Å². The van der Waals surface area contributed by atoms with E-state index in [9.17, 15) is 0 Å². The standard InChI is InChI=1S/C14H21NO4/c1-2-15-9-11-7-13-14(19-10-18-13)8-12(11)17-6-4-3-5-16/h7-8,15-16H,2-6,9-10H2,1H3. The summed E-state index contributed by atoms with van der Waals surface area (Å²) in [7, 11) is 0. The predicted octanol–water partition coefficient (Wildman–Crippen LogP) is 1.68. The molecule has 0 saturated carbocycles. The molecular weight excluding hydrogens is 246 g/mol. The summed E-state index contributed by atoms with van der Waals surface area (Å²) in [6.45, 7) is 4.77. The van der Waals surface area contributed by atoms with Crippen molar-refractivity contribution in [2.75, 3.05) is 26.6 Å². The Balaban J connectivity index is 2.05.